The first-order chi connectivity index (χ1) is 6.99. The van der Waals surface area contributed by atoms with E-state index in [0.29, 0.717) is 0 Å². The minimum Gasteiger partial charge on any atom is -0.478 e. The topological polar surface area (TPSA) is 40.5 Å². The third kappa shape index (κ3) is 12.6. The van der Waals surface area contributed by atoms with Crippen LogP contribution in [0.25, 0.3) is 0 Å². The van der Waals surface area contributed by atoms with Gasteiger partial charge in [-0.1, -0.05) is 25.7 Å². The summed E-state index contributed by atoms with van der Waals surface area (Å²) in [5, 5.41) is 7.89. The maximum Gasteiger partial charge on any atom is 0.330 e. The van der Waals surface area contributed by atoms with Gasteiger partial charge in [0.2, 0.25) is 0 Å². The summed E-state index contributed by atoms with van der Waals surface area (Å²) in [5.74, 6) is -0.935. The van der Waals surface area contributed by atoms with Crippen molar-refractivity contribution >= 4 is 5.97 Å². The fourth-order valence-corrected chi connectivity index (χ4v) is 0.698. The largest absolute Gasteiger partial charge is 0.478 e. The molecule has 0 aliphatic heterocycles. The molecule has 0 aromatic carbocycles. The minimum absolute atomic E-state index is 0.176. The van der Waals surface area contributed by atoms with E-state index in [4.69, 9.17) is 5.11 Å². The van der Waals surface area contributed by atoms with E-state index in [1.165, 1.54) is 6.92 Å². The van der Waals surface area contributed by atoms with Crippen LogP contribution in [-0.4, -0.2) is 35.6 Å². The van der Waals surface area contributed by atoms with Gasteiger partial charge in [0.1, 0.15) is 0 Å². The standard InChI is InChI=1S/C8H15N.C4H6O2/c1-4-7-9(6-3)8-5-2;1-3(2)4(5)6/h4-5H,1-2,6-8H2,3H3;1H2,2H3,(H,5,6). The molecule has 0 unspecified atom stereocenters. The molecule has 86 valence electrons. The van der Waals surface area contributed by atoms with E-state index in [1.807, 2.05) is 12.2 Å². The second kappa shape index (κ2) is 10.7. The Kier molecular flexibility index (Phi) is 11.5. The zero-order valence-electron chi connectivity index (χ0n) is 9.70. The molecular formula is C12H21NO2. The molecule has 1 N–H and O–H groups in total. The fraction of sp³-hybridized carbons (Fsp3) is 0.417. The minimum atomic E-state index is -0.935. The predicted molar refractivity (Wildman–Crippen MR) is 65.0 cm³/mol. The van der Waals surface area contributed by atoms with Crippen molar-refractivity contribution in [1.82, 2.24) is 4.90 Å². The summed E-state index contributed by atoms with van der Waals surface area (Å²) in [4.78, 5) is 11.8. The van der Waals surface area contributed by atoms with Crippen molar-refractivity contribution in [2.75, 3.05) is 19.6 Å². The lowest BCUT2D eigenvalue weighted by molar-refractivity contribution is -0.132. The molecule has 3 heteroatoms. The van der Waals surface area contributed by atoms with Gasteiger partial charge in [0.25, 0.3) is 0 Å². The zero-order chi connectivity index (χ0) is 12.3. The maximum atomic E-state index is 9.60. The zero-order valence-corrected chi connectivity index (χ0v) is 9.70. The number of aliphatic carboxylic acids is 1. The van der Waals surface area contributed by atoms with E-state index in [0.717, 1.165) is 19.6 Å². The van der Waals surface area contributed by atoms with Crippen LogP contribution < -0.4 is 0 Å². The first-order valence-electron chi connectivity index (χ1n) is 4.82. The van der Waals surface area contributed by atoms with Crippen molar-refractivity contribution in [2.24, 2.45) is 0 Å². The van der Waals surface area contributed by atoms with Crippen LogP contribution in [0.15, 0.2) is 37.5 Å². The fourth-order valence-electron chi connectivity index (χ4n) is 0.698. The highest BCUT2D eigenvalue weighted by molar-refractivity contribution is 5.84. The number of likely N-dealkylation sites (N-methyl/N-ethyl adjacent to an activating group) is 1. The summed E-state index contributed by atoms with van der Waals surface area (Å²) >= 11 is 0. The molecule has 0 bridgehead atoms. The molecule has 0 saturated heterocycles. The summed E-state index contributed by atoms with van der Waals surface area (Å²) in [5.41, 5.74) is 0.176. The lowest BCUT2D eigenvalue weighted by Gasteiger charge is -2.14. The Bertz CT molecular complexity index is 200. The Balaban J connectivity index is 0. The van der Waals surface area contributed by atoms with Crippen LogP contribution in [0.2, 0.25) is 0 Å². The molecule has 0 radical (unpaired) electrons. The van der Waals surface area contributed by atoms with Crippen molar-refractivity contribution in [3.05, 3.63) is 37.5 Å². The highest BCUT2D eigenvalue weighted by atomic mass is 16.4. The Morgan fingerprint density at radius 3 is 1.80 bits per heavy atom. The SMILES string of the molecule is C=C(C)C(=O)O.C=CCN(CC)CC=C. The van der Waals surface area contributed by atoms with Gasteiger partial charge < -0.3 is 5.11 Å². The molecule has 0 spiro atoms. The lowest BCUT2D eigenvalue weighted by Crippen LogP contribution is -2.22. The van der Waals surface area contributed by atoms with Crippen molar-refractivity contribution in [1.29, 1.82) is 0 Å². The molecule has 0 aromatic rings. The molecule has 0 fully saturated rings. The van der Waals surface area contributed by atoms with Crippen molar-refractivity contribution in [3.63, 3.8) is 0 Å². The van der Waals surface area contributed by atoms with Crippen molar-refractivity contribution < 1.29 is 9.90 Å². The number of carbonyl (C=O) groups is 1. The molecule has 0 rings (SSSR count). The monoisotopic (exact) mass is 211 g/mol. The molecular weight excluding hydrogens is 190 g/mol. The average molecular weight is 211 g/mol. The Labute approximate surface area is 92.4 Å². The van der Waals surface area contributed by atoms with E-state index in [-0.39, 0.29) is 5.57 Å². The quantitative estimate of drug-likeness (QED) is 0.541. The van der Waals surface area contributed by atoms with Crippen LogP contribution in [0.3, 0.4) is 0 Å². The third-order valence-corrected chi connectivity index (χ3v) is 1.59. The highest BCUT2D eigenvalue weighted by Gasteiger charge is 1.92. The molecule has 0 aliphatic carbocycles. The Morgan fingerprint density at radius 2 is 1.67 bits per heavy atom. The summed E-state index contributed by atoms with van der Waals surface area (Å²) in [6, 6.07) is 0. The maximum absolute atomic E-state index is 9.60. The second-order valence-corrected chi connectivity index (χ2v) is 3.02. The second-order valence-electron chi connectivity index (χ2n) is 3.02. The van der Waals surface area contributed by atoms with Crippen LogP contribution in [0.5, 0.6) is 0 Å². The molecule has 3 nitrogen and oxygen atoms in total. The molecule has 0 atom stereocenters. The van der Waals surface area contributed by atoms with Gasteiger partial charge in [-0.05, 0) is 13.5 Å². The summed E-state index contributed by atoms with van der Waals surface area (Å²) < 4.78 is 0. The van der Waals surface area contributed by atoms with E-state index >= 15 is 0 Å². The summed E-state index contributed by atoms with van der Waals surface area (Å²) in [6.07, 6.45) is 3.82. The highest BCUT2D eigenvalue weighted by Crippen LogP contribution is 1.86. The molecule has 0 heterocycles. The number of hydrogen-bond donors (Lipinski definition) is 1. The van der Waals surface area contributed by atoms with Crippen LogP contribution >= 0.6 is 0 Å². The summed E-state index contributed by atoms with van der Waals surface area (Å²) in [6.45, 7) is 17.0. The van der Waals surface area contributed by atoms with E-state index in [2.05, 4.69) is 31.6 Å². The van der Waals surface area contributed by atoms with Crippen LogP contribution in [-0.2, 0) is 4.79 Å². The van der Waals surface area contributed by atoms with Gasteiger partial charge in [-0.3, -0.25) is 4.90 Å². The van der Waals surface area contributed by atoms with Gasteiger partial charge in [-0.15, -0.1) is 13.2 Å². The van der Waals surface area contributed by atoms with E-state index in [9.17, 15) is 4.79 Å². The van der Waals surface area contributed by atoms with Gasteiger partial charge in [0, 0.05) is 18.7 Å². The van der Waals surface area contributed by atoms with E-state index < -0.39 is 5.97 Å². The number of nitrogens with zero attached hydrogens (tertiary/aromatic N) is 1. The summed E-state index contributed by atoms with van der Waals surface area (Å²) in [7, 11) is 0. The third-order valence-electron chi connectivity index (χ3n) is 1.59. The number of carboxylic acids is 1. The van der Waals surface area contributed by atoms with Gasteiger partial charge in [-0.2, -0.15) is 0 Å². The first kappa shape index (κ1) is 16.1. The Morgan fingerprint density at radius 1 is 1.33 bits per heavy atom. The van der Waals surface area contributed by atoms with Crippen molar-refractivity contribution in [3.8, 4) is 0 Å². The number of carboxylic acid groups (broad SMARTS) is 1. The van der Waals surface area contributed by atoms with Crippen LogP contribution in [0.1, 0.15) is 13.8 Å². The number of rotatable bonds is 6. The van der Waals surface area contributed by atoms with Crippen LogP contribution in [0, 0.1) is 0 Å². The Hall–Kier alpha value is -1.35. The molecule has 0 aliphatic rings. The lowest BCUT2D eigenvalue weighted by atomic mass is 10.4. The van der Waals surface area contributed by atoms with Crippen LogP contribution in [0.4, 0.5) is 0 Å². The average Bonchev–Trinajstić information content (AvgIpc) is 2.18. The number of hydrogen-bond acceptors (Lipinski definition) is 2. The van der Waals surface area contributed by atoms with Crippen molar-refractivity contribution in [2.45, 2.75) is 13.8 Å². The molecule has 15 heavy (non-hydrogen) atoms. The smallest absolute Gasteiger partial charge is 0.330 e. The first-order valence-corrected chi connectivity index (χ1v) is 4.82. The van der Waals surface area contributed by atoms with E-state index in [1.54, 1.807) is 0 Å². The molecule has 0 saturated carbocycles. The van der Waals surface area contributed by atoms with Gasteiger partial charge in [0.05, 0.1) is 0 Å². The van der Waals surface area contributed by atoms with Gasteiger partial charge >= 0.3 is 5.97 Å². The van der Waals surface area contributed by atoms with Gasteiger partial charge in [-0.25, -0.2) is 4.79 Å². The van der Waals surface area contributed by atoms with Gasteiger partial charge in [0.15, 0.2) is 0 Å². The normalized spacial score (nSPS) is 8.73. The molecule has 0 aromatic heterocycles. The predicted octanol–water partition coefficient (Wildman–Crippen LogP) is 2.33. The molecule has 0 amide bonds.